The lowest BCUT2D eigenvalue weighted by atomic mass is 9.85. The van der Waals surface area contributed by atoms with E-state index >= 15 is 0 Å². The average Bonchev–Trinajstić information content (AvgIpc) is 1.95. The number of aromatic nitrogens is 2. The van der Waals surface area contributed by atoms with Crippen LogP contribution in [0.2, 0.25) is 0 Å². The van der Waals surface area contributed by atoms with Crippen LogP contribution in [0.1, 0.15) is 127 Å². The molecule has 0 radical (unpaired) electrons. The number of aromatic amines is 1. The normalized spacial score (nSPS) is 18.6. The van der Waals surface area contributed by atoms with Gasteiger partial charge in [-0.15, -0.1) is 11.3 Å². The molecule has 10 N–H and O–H groups in total. The Balaban J connectivity index is 0.748. The molecule has 4 aromatic carbocycles. The summed E-state index contributed by atoms with van der Waals surface area (Å²) in [6, 6.07) is 21.8. The van der Waals surface area contributed by atoms with E-state index in [1.165, 1.54) is 34.1 Å². The third-order valence-electron chi connectivity index (χ3n) is 16.3. The Kier molecular flexibility index (Phi) is 20.1. The zero-order chi connectivity index (χ0) is 63.2. The molecular formula is C64H74N9O13PS. The number of primary amides is 1. The first-order valence-corrected chi connectivity index (χ1v) is 31.8. The Labute approximate surface area is 513 Å². The lowest BCUT2D eigenvalue weighted by molar-refractivity contribution is -0.144. The molecular weight excluding hydrogens is 1170 g/mol. The van der Waals surface area contributed by atoms with Crippen molar-refractivity contribution in [2.75, 3.05) is 11.4 Å². The zero-order valence-corrected chi connectivity index (χ0v) is 51.3. The second-order valence-electron chi connectivity index (χ2n) is 23.9. The van der Waals surface area contributed by atoms with Crippen molar-refractivity contribution in [2.45, 2.75) is 148 Å². The molecule has 22 nitrogen and oxygen atoms in total. The molecule has 7 amide bonds. The fourth-order valence-corrected chi connectivity index (χ4v) is 12.7. The Bertz CT molecular complexity index is 3700. The first-order chi connectivity index (χ1) is 41.8. The van der Waals surface area contributed by atoms with Gasteiger partial charge in [0.1, 0.15) is 29.9 Å². The molecule has 1 saturated heterocycles. The number of aryl methyl sites for hydroxylation is 2. The molecule has 0 bridgehead atoms. The summed E-state index contributed by atoms with van der Waals surface area (Å²) < 4.78 is 17.9. The van der Waals surface area contributed by atoms with Gasteiger partial charge in [-0.1, -0.05) is 99.7 Å². The topological polar surface area (TPSA) is 333 Å². The molecule has 0 unspecified atom stereocenters. The van der Waals surface area contributed by atoms with Crippen molar-refractivity contribution < 1.29 is 62.6 Å². The summed E-state index contributed by atoms with van der Waals surface area (Å²) in [6.45, 7) is 9.63. The second kappa shape index (κ2) is 27.5. The van der Waals surface area contributed by atoms with Gasteiger partial charge in [-0.2, -0.15) is 0 Å². The lowest BCUT2D eigenvalue weighted by Gasteiger charge is -2.35. The van der Waals surface area contributed by atoms with E-state index in [2.05, 4.69) is 31.2 Å². The maximum atomic E-state index is 14.6. The number of nitrogens with two attached hydrogens (primary N) is 1. The van der Waals surface area contributed by atoms with E-state index in [4.69, 9.17) is 10.5 Å². The van der Waals surface area contributed by atoms with E-state index in [0.717, 1.165) is 44.0 Å². The van der Waals surface area contributed by atoms with Crippen LogP contribution in [0, 0.1) is 12.3 Å². The number of para-hydroxylation sites is 1. The molecule has 7 atom stereocenters. The number of aliphatic hydroxyl groups excluding tert-OH is 1. The van der Waals surface area contributed by atoms with E-state index in [0.29, 0.717) is 35.9 Å². The minimum absolute atomic E-state index is 0.0289. The average molecular weight is 1240 g/mol. The number of anilines is 1. The van der Waals surface area contributed by atoms with Crippen LogP contribution in [-0.4, -0.2) is 126 Å². The first-order valence-electron chi connectivity index (χ1n) is 29.3. The van der Waals surface area contributed by atoms with Gasteiger partial charge in [0.05, 0.1) is 46.6 Å². The smallest absolute Gasteiger partial charge is 0.391 e. The van der Waals surface area contributed by atoms with Crippen LogP contribution in [0.5, 0.6) is 0 Å². The standard InChI is InChI=1S/C64H74N9O13PS/c1-36-56(88-35-67-36)42-20-18-39(19-21-42)32-66-59(78)51-31-46(74)33-72(51)62(81)57(64(3,4)5)71-54(76)13-8-6-7-10-38-14-16-40(17-15-38)34-86-37(2)47(26-27-53(65)75)69-60(79)52-30-43-12-9-11-41-22-25-49(61(80)73(52)55(41)43)70-58(77)50-29-45-28-44(23-24-48(45)68-50)63(82)87(83,84)85/h7,9-12,14-21,23-24,28-29,35,37,46-47,49,51-52,57,68,74H,6,8,13,22,25-27,30-34H2,1-5H3,(H2,65,75)(H,66,78)(H,69,79)(H,70,77)(H,71,76)(H2,83,84,85)/b10-7+/t37-,46-,47+,49+,51+,52+,57-/m1/s1. The number of benzene rings is 4. The number of likely N-dealkylation sites (tertiary alicyclic amines) is 1. The molecule has 6 aromatic rings. The number of rotatable bonds is 24. The summed E-state index contributed by atoms with van der Waals surface area (Å²) in [6.07, 6.45) is 4.59. The number of unbranched alkanes of at least 4 members (excludes halogenated alkanes) is 1. The number of β-amino-alcohol motifs (C(OH)–C–C–N with tert-alkyl or cyclic N) is 1. The molecule has 24 heteroatoms. The quantitative estimate of drug-likeness (QED) is 0.0238. The highest BCUT2D eigenvalue weighted by atomic mass is 32.1. The van der Waals surface area contributed by atoms with Crippen molar-refractivity contribution in [2.24, 2.45) is 11.1 Å². The van der Waals surface area contributed by atoms with Crippen molar-refractivity contribution in [3.05, 3.63) is 147 Å². The maximum Gasteiger partial charge on any atom is 0.396 e. The molecule has 1 fully saturated rings. The summed E-state index contributed by atoms with van der Waals surface area (Å²) in [5.41, 5.74) is 12.3. The largest absolute Gasteiger partial charge is 0.396 e. The third kappa shape index (κ3) is 15.4. The number of hydrogen-bond acceptors (Lipinski definition) is 13. The molecule has 2 aromatic heterocycles. The minimum atomic E-state index is -5.06. The number of nitrogens with one attached hydrogen (secondary N) is 5. The molecule has 88 heavy (non-hydrogen) atoms. The Morgan fingerprint density at radius 2 is 1.65 bits per heavy atom. The number of carbonyl (C=O) groups excluding carboxylic acids is 8. The van der Waals surface area contributed by atoms with Gasteiger partial charge in [-0.25, -0.2) is 4.98 Å². The first kappa shape index (κ1) is 64.3. The number of carbonyl (C=O) groups is 8. The Morgan fingerprint density at radius 1 is 0.920 bits per heavy atom. The second-order valence-corrected chi connectivity index (χ2v) is 26.2. The summed E-state index contributed by atoms with van der Waals surface area (Å²) in [4.78, 5) is 138. The number of nitrogens with zero attached hydrogens (tertiary/aromatic N) is 3. The summed E-state index contributed by atoms with van der Waals surface area (Å²) in [7, 11) is -5.06. The molecule has 0 aliphatic carbocycles. The van der Waals surface area contributed by atoms with Gasteiger partial charge >= 0.3 is 7.60 Å². The molecule has 0 spiro atoms. The molecule has 9 rings (SSSR count). The lowest BCUT2D eigenvalue weighted by Crippen LogP contribution is -2.57. The van der Waals surface area contributed by atoms with Crippen molar-refractivity contribution in [1.82, 2.24) is 36.1 Å². The van der Waals surface area contributed by atoms with Crippen LogP contribution >= 0.6 is 18.9 Å². The van der Waals surface area contributed by atoms with Crippen molar-refractivity contribution in [3.8, 4) is 10.4 Å². The number of ether oxygens (including phenoxy) is 1. The van der Waals surface area contributed by atoms with Gasteiger partial charge in [-0.05, 0) is 109 Å². The molecule has 0 saturated carbocycles. The summed E-state index contributed by atoms with van der Waals surface area (Å²) in [5.74, 6) is -3.33. The Hall–Kier alpha value is -8.18. The van der Waals surface area contributed by atoms with E-state index in [-0.39, 0.29) is 81.3 Å². The molecule has 3 aliphatic rings. The molecule has 5 heterocycles. The van der Waals surface area contributed by atoms with Crippen LogP contribution in [0.15, 0.2) is 103 Å². The number of fused-ring (bicyclic) bond motifs is 1. The van der Waals surface area contributed by atoms with E-state index < -0.39 is 90.5 Å². The highest BCUT2D eigenvalue weighted by molar-refractivity contribution is 7.70. The molecule has 3 aliphatic heterocycles. The van der Waals surface area contributed by atoms with E-state index in [1.807, 2.05) is 107 Å². The van der Waals surface area contributed by atoms with Gasteiger partial charge in [-0.3, -0.25) is 47.8 Å². The number of aliphatic hydroxyl groups is 1. The fourth-order valence-electron chi connectivity index (χ4n) is 11.4. The van der Waals surface area contributed by atoms with Crippen molar-refractivity contribution in [1.29, 1.82) is 0 Å². The van der Waals surface area contributed by atoms with E-state index in [9.17, 15) is 57.8 Å². The van der Waals surface area contributed by atoms with Crippen LogP contribution in [-0.2, 0) is 64.1 Å². The van der Waals surface area contributed by atoms with E-state index in [1.54, 1.807) is 23.8 Å². The number of amides is 7. The Morgan fingerprint density at radius 3 is 2.34 bits per heavy atom. The third-order valence-corrected chi connectivity index (χ3v) is 18.0. The highest BCUT2D eigenvalue weighted by Crippen LogP contribution is 2.41. The van der Waals surface area contributed by atoms with Crippen LogP contribution < -0.4 is 31.9 Å². The predicted molar refractivity (Wildman–Crippen MR) is 331 cm³/mol. The summed E-state index contributed by atoms with van der Waals surface area (Å²) >= 11 is 1.56. The number of hydrogen-bond donors (Lipinski definition) is 9. The van der Waals surface area contributed by atoms with Crippen LogP contribution in [0.25, 0.3) is 27.4 Å². The number of thiazole rings is 1. The maximum absolute atomic E-state index is 14.6. The fraction of sp³-hybridized carbons (Fsp3) is 0.391. The van der Waals surface area contributed by atoms with Gasteiger partial charge in [0.25, 0.3) is 11.4 Å². The predicted octanol–water partition coefficient (Wildman–Crippen LogP) is 6.27. The van der Waals surface area contributed by atoms with Crippen LogP contribution in [0.3, 0.4) is 0 Å². The number of allylic oxidation sites excluding steroid dienone is 1. The van der Waals surface area contributed by atoms with Crippen molar-refractivity contribution in [3.63, 3.8) is 0 Å². The summed E-state index contributed by atoms with van der Waals surface area (Å²) in [5, 5.41) is 22.7. The highest BCUT2D eigenvalue weighted by Gasteiger charge is 2.46. The molecule has 464 valence electrons. The van der Waals surface area contributed by atoms with Crippen LogP contribution in [0.4, 0.5) is 5.69 Å². The minimum Gasteiger partial charge on any atom is -0.391 e. The number of H-pyrrole nitrogens is 1. The SMILES string of the molecule is Cc1ncsc1-c1ccc(CNC(=O)[C@@H]2C[C@@H](O)CN2C(=O)[C@@H](NC(=O)CCC/C=C/c2ccc(CO[C@H](C)[C@H](CCC(N)=O)NC(=O)[C@@H]3Cc4cccc5c4N3C(=O)[C@@H](NC(=O)c3cc4cc(C(=O)P(=O)(O)O)ccc4[nH]3)CC5)cc2)C(C)(C)C)cc1. The van der Waals surface area contributed by atoms with Gasteiger partial charge in [0, 0.05) is 55.2 Å². The zero-order valence-electron chi connectivity index (χ0n) is 49.6. The van der Waals surface area contributed by atoms with Gasteiger partial charge in [0.2, 0.25) is 35.4 Å². The van der Waals surface area contributed by atoms with Gasteiger partial charge < -0.3 is 56.5 Å². The van der Waals surface area contributed by atoms with Gasteiger partial charge in [0.15, 0.2) is 0 Å². The monoisotopic (exact) mass is 1240 g/mol. The van der Waals surface area contributed by atoms with Crippen molar-refractivity contribution >= 4 is 88.5 Å².